The van der Waals surface area contributed by atoms with Crippen molar-refractivity contribution in [2.75, 3.05) is 30.3 Å². The van der Waals surface area contributed by atoms with Crippen LogP contribution in [0.5, 0.6) is 11.5 Å². The van der Waals surface area contributed by atoms with E-state index in [0.717, 1.165) is 0 Å². The molecule has 0 N–H and O–H groups in total. The fourth-order valence-electron chi connectivity index (χ4n) is 3.48. The van der Waals surface area contributed by atoms with Gasteiger partial charge in [-0.15, -0.1) is 0 Å². The van der Waals surface area contributed by atoms with E-state index in [1.165, 1.54) is 66.1 Å². The summed E-state index contributed by atoms with van der Waals surface area (Å²) in [6.45, 7) is 0.0715. The second-order valence-corrected chi connectivity index (χ2v) is 8.47. The Morgan fingerprint density at radius 1 is 1.12 bits per heavy atom. The van der Waals surface area contributed by atoms with Gasteiger partial charge in [0.05, 0.1) is 37.1 Å². The average Bonchev–Trinajstić information content (AvgIpc) is 2.84. The van der Waals surface area contributed by atoms with Gasteiger partial charge in [-0.25, -0.2) is 19.7 Å². The van der Waals surface area contributed by atoms with E-state index in [-0.39, 0.29) is 39.5 Å². The first kappa shape index (κ1) is 23.9. The van der Waals surface area contributed by atoms with Gasteiger partial charge in [0.25, 0.3) is 5.69 Å². The quantitative estimate of drug-likeness (QED) is 0.175. The molecule has 0 spiro atoms. The predicted octanol–water partition coefficient (Wildman–Crippen LogP) is 5.71. The van der Waals surface area contributed by atoms with Crippen molar-refractivity contribution in [2.45, 2.75) is 11.7 Å². The van der Waals surface area contributed by atoms with Crippen LogP contribution in [-0.2, 0) is 6.54 Å². The number of carbonyl (C=O) groups excluding carboxylic acids is 1. The maximum Gasteiger partial charge on any atom is 0.335 e. The van der Waals surface area contributed by atoms with Crippen molar-refractivity contribution < 1.29 is 19.2 Å². The molecule has 34 heavy (non-hydrogen) atoms. The lowest BCUT2D eigenvalue weighted by Crippen LogP contribution is -2.45. The molecule has 0 unspecified atom stereocenters. The van der Waals surface area contributed by atoms with Gasteiger partial charge >= 0.3 is 6.03 Å². The Kier molecular flexibility index (Phi) is 6.69. The highest BCUT2D eigenvalue weighted by Gasteiger charge is 2.37. The van der Waals surface area contributed by atoms with Crippen molar-refractivity contribution in [3.05, 3.63) is 62.3 Å². The number of fused-ring (bicyclic) bond motifs is 1. The number of methoxy groups -OCH3 is 2. The van der Waals surface area contributed by atoms with Gasteiger partial charge in [0, 0.05) is 30.0 Å². The molecule has 0 atom stereocenters. The number of nitrogens with zero attached hydrogens (tertiary/aromatic N) is 5. The number of aromatic nitrogens is 2. The zero-order chi connectivity index (χ0) is 24.6. The first-order valence-electron chi connectivity index (χ1n) is 9.66. The Labute approximate surface area is 208 Å². The lowest BCUT2D eigenvalue weighted by Gasteiger charge is -2.37. The summed E-state index contributed by atoms with van der Waals surface area (Å²) in [4.78, 5) is 36.0. The number of hydrogen-bond donors (Lipinski definition) is 0. The van der Waals surface area contributed by atoms with E-state index >= 15 is 0 Å². The van der Waals surface area contributed by atoms with Crippen LogP contribution in [0.25, 0.3) is 0 Å². The number of anilines is 3. The van der Waals surface area contributed by atoms with Gasteiger partial charge in [-0.3, -0.25) is 15.0 Å². The standard InChI is InChI=1S/C21H17Cl2N5O5S/c1-32-14-8-15(33-2)17(23)18(16(14)22)26-10-11-9-24-20(34-3)25-19(11)27(21(26)29)12-4-6-13(7-5-12)28(30)31/h4-9H,10H2,1-3H3. The number of benzene rings is 2. The number of nitro benzene ring substituents is 1. The molecule has 4 rings (SSSR count). The second-order valence-electron chi connectivity index (χ2n) is 6.94. The van der Waals surface area contributed by atoms with Gasteiger partial charge in [-0.05, 0) is 18.4 Å². The second kappa shape index (κ2) is 9.53. The van der Waals surface area contributed by atoms with Crippen LogP contribution in [0, 0.1) is 10.1 Å². The summed E-state index contributed by atoms with van der Waals surface area (Å²) in [7, 11) is 2.87. The minimum Gasteiger partial charge on any atom is -0.495 e. The average molecular weight is 522 g/mol. The van der Waals surface area contributed by atoms with Crippen LogP contribution in [0.1, 0.15) is 5.56 Å². The first-order chi connectivity index (χ1) is 16.3. The van der Waals surface area contributed by atoms with Crippen molar-refractivity contribution in [1.82, 2.24) is 9.97 Å². The highest BCUT2D eigenvalue weighted by atomic mass is 35.5. The largest absolute Gasteiger partial charge is 0.495 e. The SMILES string of the molecule is COc1cc(OC)c(Cl)c(N2Cc3cnc(SC)nc3N(c3ccc([N+](=O)[O-])cc3)C2=O)c1Cl. The van der Waals surface area contributed by atoms with Crippen LogP contribution >= 0.6 is 35.0 Å². The van der Waals surface area contributed by atoms with E-state index in [1.807, 2.05) is 6.26 Å². The zero-order valence-electron chi connectivity index (χ0n) is 18.1. The summed E-state index contributed by atoms with van der Waals surface area (Å²) in [5, 5.41) is 11.8. The van der Waals surface area contributed by atoms with Crippen LogP contribution in [0.15, 0.2) is 41.7 Å². The van der Waals surface area contributed by atoms with E-state index in [9.17, 15) is 14.9 Å². The molecule has 0 fully saturated rings. The van der Waals surface area contributed by atoms with Crippen LogP contribution in [0.2, 0.25) is 10.0 Å². The molecule has 1 aliphatic heterocycles. The molecule has 2 amide bonds. The minimum atomic E-state index is -0.522. The normalized spacial score (nSPS) is 13.0. The number of urea groups is 1. The summed E-state index contributed by atoms with van der Waals surface area (Å²) in [6.07, 6.45) is 3.43. The Balaban J connectivity index is 1.92. The molecule has 176 valence electrons. The Hall–Kier alpha value is -3.28. The van der Waals surface area contributed by atoms with E-state index in [2.05, 4.69) is 9.97 Å². The molecule has 10 nitrogen and oxygen atoms in total. The molecule has 1 aliphatic rings. The molecule has 1 aromatic heterocycles. The van der Waals surface area contributed by atoms with E-state index in [4.69, 9.17) is 32.7 Å². The Bertz CT molecular complexity index is 1260. The van der Waals surface area contributed by atoms with Crippen LogP contribution in [0.4, 0.5) is 27.7 Å². The lowest BCUT2D eigenvalue weighted by atomic mass is 10.1. The summed E-state index contributed by atoms with van der Waals surface area (Å²) < 4.78 is 10.7. The number of halogens is 2. The summed E-state index contributed by atoms with van der Waals surface area (Å²) >= 11 is 14.5. The summed E-state index contributed by atoms with van der Waals surface area (Å²) in [6, 6.07) is 6.57. The molecule has 2 aromatic carbocycles. The fourth-order valence-corrected chi connectivity index (χ4v) is 4.52. The van der Waals surface area contributed by atoms with Gasteiger partial charge in [-0.2, -0.15) is 0 Å². The molecule has 0 aliphatic carbocycles. The number of ether oxygens (including phenoxy) is 2. The molecule has 0 radical (unpaired) electrons. The molecule has 13 heteroatoms. The molecule has 3 aromatic rings. The lowest BCUT2D eigenvalue weighted by molar-refractivity contribution is -0.384. The number of nitro groups is 1. The van der Waals surface area contributed by atoms with Gasteiger partial charge < -0.3 is 9.47 Å². The Morgan fingerprint density at radius 3 is 2.26 bits per heavy atom. The summed E-state index contributed by atoms with van der Waals surface area (Å²) in [5.74, 6) is 0.899. The number of hydrogen-bond acceptors (Lipinski definition) is 8. The van der Waals surface area contributed by atoms with Crippen LogP contribution in [0.3, 0.4) is 0 Å². The van der Waals surface area contributed by atoms with Crippen LogP contribution in [-0.4, -0.2) is 41.4 Å². The molecule has 0 saturated carbocycles. The van der Waals surface area contributed by atoms with Gasteiger partial charge in [0.15, 0.2) is 11.0 Å². The number of non-ortho nitro benzene ring substituents is 1. The number of rotatable bonds is 6. The van der Waals surface area contributed by atoms with Crippen molar-refractivity contribution in [1.29, 1.82) is 0 Å². The molecule has 0 bridgehead atoms. The number of amides is 2. The van der Waals surface area contributed by atoms with Crippen molar-refractivity contribution in [2.24, 2.45) is 0 Å². The Morgan fingerprint density at radius 2 is 1.74 bits per heavy atom. The summed E-state index contributed by atoms with van der Waals surface area (Å²) in [5.41, 5.74) is 1.07. The molecule has 0 saturated heterocycles. The monoisotopic (exact) mass is 521 g/mol. The van der Waals surface area contributed by atoms with E-state index < -0.39 is 11.0 Å². The van der Waals surface area contributed by atoms with Gasteiger partial charge in [-0.1, -0.05) is 35.0 Å². The van der Waals surface area contributed by atoms with Crippen LogP contribution < -0.4 is 19.3 Å². The fraction of sp³-hybridized carbons (Fsp3) is 0.190. The third-order valence-electron chi connectivity index (χ3n) is 5.10. The highest BCUT2D eigenvalue weighted by molar-refractivity contribution is 7.98. The number of carbonyl (C=O) groups is 1. The van der Waals surface area contributed by atoms with Gasteiger partial charge in [0.1, 0.15) is 21.5 Å². The predicted molar refractivity (Wildman–Crippen MR) is 130 cm³/mol. The minimum absolute atomic E-state index is 0.0715. The maximum atomic E-state index is 13.9. The maximum absolute atomic E-state index is 13.9. The van der Waals surface area contributed by atoms with Gasteiger partial charge in [0.2, 0.25) is 0 Å². The smallest absolute Gasteiger partial charge is 0.335 e. The third-order valence-corrected chi connectivity index (χ3v) is 6.40. The topological polar surface area (TPSA) is 111 Å². The zero-order valence-corrected chi connectivity index (χ0v) is 20.4. The van der Waals surface area contributed by atoms with Crippen molar-refractivity contribution >= 4 is 63.9 Å². The van der Waals surface area contributed by atoms with Crippen molar-refractivity contribution in [3.63, 3.8) is 0 Å². The molecule has 2 heterocycles. The van der Waals surface area contributed by atoms with E-state index in [1.54, 1.807) is 6.20 Å². The molecular formula is C21H17Cl2N5O5S. The molecular weight excluding hydrogens is 505 g/mol. The number of thioether (sulfide) groups is 1. The third kappa shape index (κ3) is 4.06. The first-order valence-corrected chi connectivity index (χ1v) is 11.6. The highest BCUT2D eigenvalue weighted by Crippen LogP contribution is 2.48. The van der Waals surface area contributed by atoms with Crippen molar-refractivity contribution in [3.8, 4) is 11.5 Å². The van der Waals surface area contributed by atoms with E-state index in [0.29, 0.717) is 22.2 Å².